The molecule has 3 rings (SSSR count). The van der Waals surface area contributed by atoms with Gasteiger partial charge in [-0.1, -0.05) is 30.9 Å². The molecule has 2 aromatic rings. The zero-order valence-electron chi connectivity index (χ0n) is 17.3. The number of halogens is 1. The summed E-state index contributed by atoms with van der Waals surface area (Å²) in [5.74, 6) is 1.08. The standard InChI is InChI=1S/C23H27ClN2O4/c1-15(27)25-18-9-11-22(29-2)20(13-18)26-23(28)14-30-21-10-8-17(24)12-19(21)16-6-4-3-5-7-16/h8-13,16H,3-7,14H2,1-2H3,(H,25,27)(H,26,28). The van der Waals surface area contributed by atoms with Crippen LogP contribution in [0.5, 0.6) is 11.5 Å². The van der Waals surface area contributed by atoms with Gasteiger partial charge >= 0.3 is 0 Å². The first kappa shape index (κ1) is 22.0. The number of benzene rings is 2. The largest absolute Gasteiger partial charge is 0.495 e. The van der Waals surface area contributed by atoms with Crippen LogP contribution in [-0.4, -0.2) is 25.5 Å². The van der Waals surface area contributed by atoms with Gasteiger partial charge in [0.25, 0.3) is 5.91 Å². The highest BCUT2D eigenvalue weighted by Crippen LogP contribution is 2.38. The van der Waals surface area contributed by atoms with E-state index < -0.39 is 0 Å². The molecule has 160 valence electrons. The summed E-state index contributed by atoms with van der Waals surface area (Å²) < 4.78 is 11.2. The molecule has 2 N–H and O–H groups in total. The number of ether oxygens (including phenoxy) is 2. The molecule has 0 heterocycles. The van der Waals surface area contributed by atoms with Crippen LogP contribution in [0.15, 0.2) is 36.4 Å². The number of carbonyl (C=O) groups excluding carboxylic acids is 2. The number of nitrogens with one attached hydrogen (secondary N) is 2. The van der Waals surface area contributed by atoms with E-state index in [9.17, 15) is 9.59 Å². The van der Waals surface area contributed by atoms with E-state index in [2.05, 4.69) is 10.6 Å². The Bertz CT molecular complexity index is 910. The number of hydrogen-bond donors (Lipinski definition) is 2. The molecule has 7 heteroatoms. The average Bonchev–Trinajstić information content (AvgIpc) is 2.73. The molecule has 0 saturated heterocycles. The van der Waals surface area contributed by atoms with Crippen LogP contribution in [0.1, 0.15) is 50.5 Å². The maximum absolute atomic E-state index is 12.5. The van der Waals surface area contributed by atoms with Crippen molar-refractivity contribution in [2.45, 2.75) is 44.9 Å². The minimum Gasteiger partial charge on any atom is -0.495 e. The lowest BCUT2D eigenvalue weighted by molar-refractivity contribution is -0.118. The predicted octanol–water partition coefficient (Wildman–Crippen LogP) is 5.37. The maximum atomic E-state index is 12.5. The highest BCUT2D eigenvalue weighted by Gasteiger charge is 2.20. The molecule has 0 atom stereocenters. The van der Waals surface area contributed by atoms with Crippen LogP contribution in [0.3, 0.4) is 0 Å². The highest BCUT2D eigenvalue weighted by molar-refractivity contribution is 6.30. The van der Waals surface area contributed by atoms with E-state index in [1.165, 1.54) is 33.3 Å². The number of amides is 2. The van der Waals surface area contributed by atoms with Crippen LogP contribution < -0.4 is 20.1 Å². The SMILES string of the molecule is COc1ccc(NC(C)=O)cc1NC(=O)COc1ccc(Cl)cc1C1CCCCC1. The van der Waals surface area contributed by atoms with Crippen molar-refractivity contribution in [3.05, 3.63) is 47.0 Å². The van der Waals surface area contributed by atoms with E-state index in [4.69, 9.17) is 21.1 Å². The minimum absolute atomic E-state index is 0.144. The van der Waals surface area contributed by atoms with E-state index in [0.29, 0.717) is 33.8 Å². The van der Waals surface area contributed by atoms with Crippen molar-refractivity contribution >= 4 is 34.8 Å². The summed E-state index contributed by atoms with van der Waals surface area (Å²) in [6.45, 7) is 1.28. The van der Waals surface area contributed by atoms with Crippen molar-refractivity contribution < 1.29 is 19.1 Å². The third-order valence-electron chi connectivity index (χ3n) is 5.17. The van der Waals surface area contributed by atoms with Crippen molar-refractivity contribution in [1.29, 1.82) is 0 Å². The van der Waals surface area contributed by atoms with Crippen molar-refractivity contribution in [3.8, 4) is 11.5 Å². The van der Waals surface area contributed by atoms with Gasteiger partial charge in [-0.15, -0.1) is 0 Å². The van der Waals surface area contributed by atoms with Crippen molar-refractivity contribution in [2.75, 3.05) is 24.4 Å². The van der Waals surface area contributed by atoms with Crippen molar-refractivity contribution in [2.24, 2.45) is 0 Å². The zero-order chi connectivity index (χ0) is 21.5. The van der Waals surface area contributed by atoms with Crippen LogP contribution in [0.4, 0.5) is 11.4 Å². The maximum Gasteiger partial charge on any atom is 0.262 e. The molecule has 1 fully saturated rings. The summed E-state index contributed by atoms with van der Waals surface area (Å²) in [5.41, 5.74) is 2.10. The van der Waals surface area contributed by atoms with Crippen LogP contribution in [0, 0.1) is 0 Å². The monoisotopic (exact) mass is 430 g/mol. The second-order valence-corrected chi connectivity index (χ2v) is 7.89. The summed E-state index contributed by atoms with van der Waals surface area (Å²) in [4.78, 5) is 23.8. The number of carbonyl (C=O) groups is 2. The molecule has 2 aromatic carbocycles. The van der Waals surface area contributed by atoms with E-state index in [-0.39, 0.29) is 18.4 Å². The van der Waals surface area contributed by atoms with Gasteiger partial charge < -0.3 is 20.1 Å². The topological polar surface area (TPSA) is 76.7 Å². The Morgan fingerprint density at radius 1 is 1.03 bits per heavy atom. The fourth-order valence-corrected chi connectivity index (χ4v) is 3.98. The summed E-state index contributed by atoms with van der Waals surface area (Å²) in [6.07, 6.45) is 5.87. The normalized spacial score (nSPS) is 14.1. The van der Waals surface area contributed by atoms with Gasteiger partial charge in [-0.05, 0) is 60.7 Å². The first-order chi connectivity index (χ1) is 14.5. The average molecular weight is 431 g/mol. The highest BCUT2D eigenvalue weighted by atomic mass is 35.5. The Labute approximate surface area is 181 Å². The van der Waals surface area contributed by atoms with Crippen molar-refractivity contribution in [1.82, 2.24) is 0 Å². The summed E-state index contributed by atoms with van der Waals surface area (Å²) in [6, 6.07) is 10.6. The van der Waals surface area contributed by atoms with Crippen molar-refractivity contribution in [3.63, 3.8) is 0 Å². The van der Waals surface area contributed by atoms with Gasteiger partial charge in [0.2, 0.25) is 5.91 Å². The first-order valence-electron chi connectivity index (χ1n) is 10.1. The predicted molar refractivity (Wildman–Crippen MR) is 119 cm³/mol. The summed E-state index contributed by atoms with van der Waals surface area (Å²) in [5, 5.41) is 6.15. The Kier molecular flexibility index (Phi) is 7.57. The van der Waals surface area contributed by atoms with E-state index in [1.807, 2.05) is 12.1 Å². The molecule has 6 nitrogen and oxygen atoms in total. The molecule has 30 heavy (non-hydrogen) atoms. The first-order valence-corrected chi connectivity index (χ1v) is 10.5. The van der Waals surface area contributed by atoms with Gasteiger partial charge in [0, 0.05) is 17.6 Å². The Morgan fingerprint density at radius 2 is 1.77 bits per heavy atom. The summed E-state index contributed by atoms with van der Waals surface area (Å²) in [7, 11) is 1.52. The molecule has 1 aliphatic rings. The number of rotatable bonds is 7. The third-order valence-corrected chi connectivity index (χ3v) is 5.40. The lowest BCUT2D eigenvalue weighted by atomic mass is 9.84. The van der Waals surface area contributed by atoms with Crippen LogP contribution in [0.25, 0.3) is 0 Å². The Balaban J connectivity index is 1.68. The molecule has 0 aromatic heterocycles. The fraction of sp³-hybridized carbons (Fsp3) is 0.391. The van der Waals surface area contributed by atoms with Gasteiger partial charge in [-0.25, -0.2) is 0 Å². The molecular weight excluding hydrogens is 404 g/mol. The summed E-state index contributed by atoms with van der Waals surface area (Å²) >= 11 is 6.21. The van der Waals surface area contributed by atoms with Crippen LogP contribution in [-0.2, 0) is 9.59 Å². The Hall–Kier alpha value is -2.73. The molecule has 0 radical (unpaired) electrons. The molecule has 1 aliphatic carbocycles. The number of methoxy groups -OCH3 is 1. The second kappa shape index (κ2) is 10.3. The molecule has 2 amide bonds. The van der Waals surface area contributed by atoms with Gasteiger partial charge in [0.1, 0.15) is 11.5 Å². The van der Waals surface area contributed by atoms with E-state index >= 15 is 0 Å². The van der Waals surface area contributed by atoms with E-state index in [1.54, 1.807) is 24.3 Å². The smallest absolute Gasteiger partial charge is 0.262 e. The fourth-order valence-electron chi connectivity index (χ4n) is 3.80. The van der Waals surface area contributed by atoms with Gasteiger partial charge in [-0.2, -0.15) is 0 Å². The van der Waals surface area contributed by atoms with Gasteiger partial charge in [0.05, 0.1) is 12.8 Å². The molecule has 1 saturated carbocycles. The molecule has 0 bridgehead atoms. The zero-order valence-corrected chi connectivity index (χ0v) is 18.1. The van der Waals surface area contributed by atoms with Crippen LogP contribution >= 0.6 is 11.6 Å². The van der Waals surface area contributed by atoms with Gasteiger partial charge in [-0.3, -0.25) is 9.59 Å². The third kappa shape index (κ3) is 5.89. The Morgan fingerprint density at radius 3 is 2.47 bits per heavy atom. The molecule has 0 spiro atoms. The number of hydrogen-bond acceptors (Lipinski definition) is 4. The minimum atomic E-state index is -0.321. The number of anilines is 2. The molecular formula is C23H27ClN2O4. The van der Waals surface area contributed by atoms with Gasteiger partial charge in [0.15, 0.2) is 6.61 Å². The quantitative estimate of drug-likeness (QED) is 0.618. The molecule has 0 unspecified atom stereocenters. The lowest BCUT2D eigenvalue weighted by Crippen LogP contribution is -2.21. The lowest BCUT2D eigenvalue weighted by Gasteiger charge is -2.24. The van der Waals surface area contributed by atoms with Crippen LogP contribution in [0.2, 0.25) is 5.02 Å². The molecule has 0 aliphatic heterocycles. The van der Waals surface area contributed by atoms with E-state index in [0.717, 1.165) is 18.4 Å². The second-order valence-electron chi connectivity index (χ2n) is 7.45.